The van der Waals surface area contributed by atoms with E-state index in [1.165, 1.54) is 0 Å². The van der Waals surface area contributed by atoms with Gasteiger partial charge in [0.15, 0.2) is 0 Å². The highest BCUT2D eigenvalue weighted by Gasteiger charge is 2.42. The van der Waals surface area contributed by atoms with Crippen molar-refractivity contribution in [3.63, 3.8) is 0 Å². The largest absolute Gasteiger partial charge is 0.391 e. The van der Waals surface area contributed by atoms with Crippen LogP contribution in [0.4, 0.5) is 13.2 Å². The highest BCUT2D eigenvalue weighted by Crippen LogP contribution is 2.40. The molecular formula is C15H26F3NO3. The van der Waals surface area contributed by atoms with E-state index in [0.29, 0.717) is 19.4 Å². The van der Waals surface area contributed by atoms with E-state index >= 15 is 0 Å². The van der Waals surface area contributed by atoms with Gasteiger partial charge >= 0.3 is 6.18 Å². The first-order valence-electron chi connectivity index (χ1n) is 8.05. The highest BCUT2D eigenvalue weighted by atomic mass is 19.4. The van der Waals surface area contributed by atoms with Crippen molar-refractivity contribution in [3.8, 4) is 0 Å². The first-order chi connectivity index (χ1) is 10.2. The molecule has 0 amide bonds. The van der Waals surface area contributed by atoms with Crippen LogP contribution in [0.1, 0.15) is 39.0 Å². The molecule has 22 heavy (non-hydrogen) atoms. The van der Waals surface area contributed by atoms with Gasteiger partial charge < -0.3 is 15.3 Å². The maximum atomic E-state index is 12.6. The van der Waals surface area contributed by atoms with Crippen LogP contribution in [0.15, 0.2) is 0 Å². The van der Waals surface area contributed by atoms with Crippen LogP contribution in [0.2, 0.25) is 0 Å². The highest BCUT2D eigenvalue weighted by molar-refractivity contribution is 4.92. The molecule has 1 aliphatic carbocycles. The molecule has 2 aliphatic rings. The van der Waals surface area contributed by atoms with Crippen molar-refractivity contribution in [3.05, 3.63) is 0 Å². The number of nitrogens with zero attached hydrogens (tertiary/aromatic N) is 1. The summed E-state index contributed by atoms with van der Waals surface area (Å²) in [4.78, 5) is 1.91. The molecule has 0 aromatic carbocycles. The number of halogens is 3. The molecule has 4 unspecified atom stereocenters. The Labute approximate surface area is 128 Å². The number of hydrogen-bond acceptors (Lipinski definition) is 4. The third kappa shape index (κ3) is 4.13. The van der Waals surface area contributed by atoms with Crippen molar-refractivity contribution in [1.29, 1.82) is 0 Å². The normalized spacial score (nSPS) is 41.6. The Morgan fingerprint density at radius 1 is 1.00 bits per heavy atom. The lowest BCUT2D eigenvalue weighted by Gasteiger charge is -2.43. The molecule has 0 radical (unpaired) electrons. The molecule has 0 aromatic heterocycles. The fraction of sp³-hybridized carbons (Fsp3) is 1.00. The summed E-state index contributed by atoms with van der Waals surface area (Å²) in [7, 11) is 0. The zero-order valence-corrected chi connectivity index (χ0v) is 12.8. The molecule has 1 aliphatic heterocycles. The fourth-order valence-electron chi connectivity index (χ4n) is 3.67. The van der Waals surface area contributed by atoms with Crippen LogP contribution in [0.25, 0.3) is 0 Å². The number of likely N-dealkylation sites (tertiary alicyclic amines) is 1. The fourth-order valence-corrected chi connectivity index (χ4v) is 3.67. The Morgan fingerprint density at radius 2 is 1.59 bits per heavy atom. The first kappa shape index (κ1) is 18.0. The Balaban J connectivity index is 1.77. The van der Waals surface area contributed by atoms with E-state index in [9.17, 15) is 28.5 Å². The van der Waals surface area contributed by atoms with Gasteiger partial charge in [-0.05, 0) is 51.5 Å². The Hall–Kier alpha value is -0.370. The summed E-state index contributed by atoms with van der Waals surface area (Å²) in [6.45, 7) is 2.71. The SMILES string of the molecule is CC1C(O)C(O)C(O)CN1CCC1CCC(C(F)(F)F)CC1. The van der Waals surface area contributed by atoms with Crippen molar-refractivity contribution >= 4 is 0 Å². The Morgan fingerprint density at radius 3 is 2.14 bits per heavy atom. The lowest BCUT2D eigenvalue weighted by Crippen LogP contribution is -2.60. The lowest BCUT2D eigenvalue weighted by atomic mass is 9.80. The van der Waals surface area contributed by atoms with Gasteiger partial charge in [-0.3, -0.25) is 4.90 Å². The zero-order valence-electron chi connectivity index (χ0n) is 12.8. The number of aliphatic hydroxyl groups is 3. The van der Waals surface area contributed by atoms with E-state index in [2.05, 4.69) is 0 Å². The summed E-state index contributed by atoms with van der Waals surface area (Å²) in [5.74, 6) is -0.886. The molecule has 0 spiro atoms. The molecule has 130 valence electrons. The minimum atomic E-state index is -4.07. The summed E-state index contributed by atoms with van der Waals surface area (Å²) in [5, 5.41) is 29.2. The molecule has 7 heteroatoms. The van der Waals surface area contributed by atoms with Crippen LogP contribution in [0, 0.1) is 11.8 Å². The quantitative estimate of drug-likeness (QED) is 0.736. The molecular weight excluding hydrogens is 299 g/mol. The third-order valence-electron chi connectivity index (χ3n) is 5.37. The Bertz CT molecular complexity index is 358. The minimum Gasteiger partial charge on any atom is -0.389 e. The van der Waals surface area contributed by atoms with Gasteiger partial charge in [0.2, 0.25) is 0 Å². The van der Waals surface area contributed by atoms with Crippen LogP contribution in [-0.2, 0) is 0 Å². The van der Waals surface area contributed by atoms with E-state index in [-0.39, 0.29) is 31.3 Å². The number of β-amino-alcohol motifs (C(OH)–C–C–N with tert-alkyl or cyclic N) is 1. The summed E-state index contributed by atoms with van der Waals surface area (Å²) >= 11 is 0. The van der Waals surface area contributed by atoms with Crippen molar-refractivity contribution in [1.82, 2.24) is 4.90 Å². The second kappa shape index (κ2) is 7.03. The van der Waals surface area contributed by atoms with Crippen LogP contribution in [0.5, 0.6) is 0 Å². The maximum absolute atomic E-state index is 12.6. The number of aliphatic hydroxyl groups excluding tert-OH is 3. The third-order valence-corrected chi connectivity index (χ3v) is 5.37. The van der Waals surface area contributed by atoms with Crippen LogP contribution >= 0.6 is 0 Å². The number of rotatable bonds is 3. The van der Waals surface area contributed by atoms with E-state index in [1.54, 1.807) is 6.92 Å². The average Bonchev–Trinajstić information content (AvgIpc) is 2.47. The van der Waals surface area contributed by atoms with E-state index in [1.807, 2.05) is 4.90 Å². The lowest BCUT2D eigenvalue weighted by molar-refractivity contribution is -0.184. The summed E-state index contributed by atoms with van der Waals surface area (Å²) < 4.78 is 37.9. The van der Waals surface area contributed by atoms with E-state index < -0.39 is 30.4 Å². The van der Waals surface area contributed by atoms with Gasteiger partial charge in [0, 0.05) is 12.6 Å². The van der Waals surface area contributed by atoms with Gasteiger partial charge in [-0.1, -0.05) is 0 Å². The second-order valence-electron chi connectivity index (χ2n) is 6.83. The molecule has 4 nitrogen and oxygen atoms in total. The van der Waals surface area contributed by atoms with Crippen LogP contribution in [-0.4, -0.2) is 63.8 Å². The average molecular weight is 325 g/mol. The van der Waals surface area contributed by atoms with Crippen LogP contribution < -0.4 is 0 Å². The van der Waals surface area contributed by atoms with Crippen molar-refractivity contribution in [2.75, 3.05) is 13.1 Å². The molecule has 1 saturated heterocycles. The molecule has 1 heterocycles. The monoisotopic (exact) mass is 325 g/mol. The molecule has 2 fully saturated rings. The predicted molar refractivity (Wildman–Crippen MR) is 75.2 cm³/mol. The number of hydrogen-bond donors (Lipinski definition) is 3. The number of piperidine rings is 1. The molecule has 3 N–H and O–H groups in total. The Kier molecular flexibility index (Phi) is 5.74. The van der Waals surface area contributed by atoms with Crippen molar-refractivity contribution in [2.24, 2.45) is 11.8 Å². The minimum absolute atomic E-state index is 0.202. The van der Waals surface area contributed by atoms with Crippen molar-refractivity contribution in [2.45, 2.75) is 69.6 Å². The van der Waals surface area contributed by atoms with Gasteiger partial charge in [-0.2, -0.15) is 13.2 Å². The summed E-state index contributed by atoms with van der Waals surface area (Å²) in [5.41, 5.74) is 0. The van der Waals surface area contributed by atoms with E-state index in [4.69, 9.17) is 0 Å². The van der Waals surface area contributed by atoms with Gasteiger partial charge in [-0.15, -0.1) is 0 Å². The second-order valence-corrected chi connectivity index (χ2v) is 6.83. The first-order valence-corrected chi connectivity index (χ1v) is 8.05. The van der Waals surface area contributed by atoms with Gasteiger partial charge in [0.05, 0.1) is 18.1 Å². The standard InChI is InChI=1S/C15H26F3NO3/c1-9-13(21)14(22)12(20)8-19(9)7-6-10-2-4-11(5-3-10)15(16,17)18/h9-14,20-22H,2-8H2,1H3. The van der Waals surface area contributed by atoms with Gasteiger partial charge in [-0.25, -0.2) is 0 Å². The smallest absolute Gasteiger partial charge is 0.389 e. The molecule has 2 rings (SSSR count). The topological polar surface area (TPSA) is 63.9 Å². The van der Waals surface area contributed by atoms with Crippen LogP contribution in [0.3, 0.4) is 0 Å². The zero-order chi connectivity index (χ0) is 16.5. The maximum Gasteiger partial charge on any atom is 0.391 e. The molecule has 1 saturated carbocycles. The van der Waals surface area contributed by atoms with Crippen molar-refractivity contribution < 1.29 is 28.5 Å². The van der Waals surface area contributed by atoms with Gasteiger partial charge in [0.25, 0.3) is 0 Å². The number of alkyl halides is 3. The predicted octanol–water partition coefficient (Wildman–Crippen LogP) is 1.53. The summed E-state index contributed by atoms with van der Waals surface area (Å²) in [6, 6.07) is -0.259. The van der Waals surface area contributed by atoms with Gasteiger partial charge in [0.1, 0.15) is 6.10 Å². The molecule has 0 bridgehead atoms. The molecule has 0 aromatic rings. The molecule has 4 atom stereocenters. The summed E-state index contributed by atoms with van der Waals surface area (Å²) in [6.07, 6.45) is -4.84. The van der Waals surface area contributed by atoms with E-state index in [0.717, 1.165) is 6.42 Å².